The van der Waals surface area contributed by atoms with E-state index in [4.69, 9.17) is 0 Å². The van der Waals surface area contributed by atoms with Crippen LogP contribution < -0.4 is 10.2 Å². The third-order valence-corrected chi connectivity index (χ3v) is 4.61. The average molecular weight is 386 g/mol. The first-order valence-corrected chi connectivity index (χ1v) is 9.94. The molecule has 0 bridgehead atoms. The van der Waals surface area contributed by atoms with E-state index >= 15 is 0 Å². The summed E-state index contributed by atoms with van der Waals surface area (Å²) in [6.07, 6.45) is 1.20. The highest BCUT2D eigenvalue weighted by Gasteiger charge is 2.18. The molecule has 29 heavy (non-hydrogen) atoms. The van der Waals surface area contributed by atoms with Crippen LogP contribution in [0.3, 0.4) is 0 Å². The van der Waals surface area contributed by atoms with E-state index in [0.717, 1.165) is 23.2 Å². The van der Waals surface area contributed by atoms with Crippen molar-refractivity contribution in [2.75, 3.05) is 11.4 Å². The summed E-state index contributed by atoms with van der Waals surface area (Å²) in [5, 5.41) is 2.90. The minimum Gasteiger partial charge on any atom is -0.356 e. The van der Waals surface area contributed by atoms with Crippen molar-refractivity contribution in [2.45, 2.75) is 26.3 Å². The Balaban J connectivity index is 1.88. The summed E-state index contributed by atoms with van der Waals surface area (Å²) in [5.41, 5.74) is 3.34. The summed E-state index contributed by atoms with van der Waals surface area (Å²) in [7, 11) is 0. The van der Waals surface area contributed by atoms with Gasteiger partial charge in [0.2, 0.25) is 5.91 Å². The van der Waals surface area contributed by atoms with Gasteiger partial charge < -0.3 is 10.2 Å². The van der Waals surface area contributed by atoms with Crippen LogP contribution >= 0.6 is 0 Å². The molecule has 0 spiro atoms. The van der Waals surface area contributed by atoms with Crippen LogP contribution in [0, 0.1) is 0 Å². The van der Waals surface area contributed by atoms with E-state index in [1.165, 1.54) is 0 Å². The van der Waals surface area contributed by atoms with Gasteiger partial charge in [-0.3, -0.25) is 9.59 Å². The maximum Gasteiger partial charge on any atom is 0.258 e. The monoisotopic (exact) mass is 386 g/mol. The van der Waals surface area contributed by atoms with Gasteiger partial charge in [-0.2, -0.15) is 0 Å². The van der Waals surface area contributed by atoms with E-state index in [-0.39, 0.29) is 11.8 Å². The number of nitrogens with zero attached hydrogens (tertiary/aromatic N) is 1. The molecule has 1 N–H and O–H groups in total. The molecule has 0 saturated carbocycles. The molecule has 4 nitrogen and oxygen atoms in total. The first-order chi connectivity index (χ1) is 14.2. The summed E-state index contributed by atoms with van der Waals surface area (Å²) >= 11 is 0. The van der Waals surface area contributed by atoms with Gasteiger partial charge in [-0.15, -0.1) is 0 Å². The van der Waals surface area contributed by atoms with Crippen molar-refractivity contribution in [1.29, 1.82) is 0 Å². The highest BCUT2D eigenvalue weighted by atomic mass is 16.2. The molecule has 0 heterocycles. The number of anilines is 1. The van der Waals surface area contributed by atoms with Crippen LogP contribution in [-0.2, 0) is 17.8 Å². The largest absolute Gasteiger partial charge is 0.356 e. The van der Waals surface area contributed by atoms with Crippen LogP contribution in [0.25, 0.3) is 0 Å². The van der Waals surface area contributed by atoms with Crippen molar-refractivity contribution in [2.24, 2.45) is 0 Å². The minimum atomic E-state index is -0.0676. The highest BCUT2D eigenvalue weighted by Crippen LogP contribution is 2.22. The Morgan fingerprint density at radius 1 is 0.828 bits per heavy atom. The van der Waals surface area contributed by atoms with Crippen molar-refractivity contribution in [3.63, 3.8) is 0 Å². The Morgan fingerprint density at radius 3 is 2.17 bits per heavy atom. The van der Waals surface area contributed by atoms with E-state index in [1.54, 1.807) is 4.90 Å². The smallest absolute Gasteiger partial charge is 0.258 e. The Hall–Kier alpha value is -3.40. The number of hydrogen-bond acceptors (Lipinski definition) is 2. The Morgan fingerprint density at radius 2 is 1.48 bits per heavy atom. The van der Waals surface area contributed by atoms with Gasteiger partial charge >= 0.3 is 0 Å². The SMILES string of the molecule is CCCNC(=O)Cc1cccc(N(Cc2ccccc2)C(=O)c2ccccc2)c1. The second-order valence-corrected chi connectivity index (χ2v) is 6.94. The lowest BCUT2D eigenvalue weighted by atomic mass is 10.1. The molecule has 0 saturated heterocycles. The molecule has 0 unspecified atom stereocenters. The van der Waals surface area contributed by atoms with Crippen LogP contribution in [0.2, 0.25) is 0 Å². The molecule has 2 amide bonds. The van der Waals surface area contributed by atoms with Gasteiger partial charge in [-0.1, -0.05) is 67.6 Å². The number of benzene rings is 3. The fourth-order valence-corrected chi connectivity index (χ4v) is 3.13. The summed E-state index contributed by atoms with van der Waals surface area (Å²) < 4.78 is 0. The maximum absolute atomic E-state index is 13.3. The Kier molecular flexibility index (Phi) is 7.17. The first-order valence-electron chi connectivity index (χ1n) is 9.94. The zero-order valence-electron chi connectivity index (χ0n) is 16.7. The van der Waals surface area contributed by atoms with E-state index < -0.39 is 0 Å². The normalized spacial score (nSPS) is 10.4. The molecular formula is C25H26N2O2. The van der Waals surface area contributed by atoms with Crippen molar-refractivity contribution >= 4 is 17.5 Å². The third-order valence-electron chi connectivity index (χ3n) is 4.61. The summed E-state index contributed by atoms with van der Waals surface area (Å²) in [6, 6.07) is 26.8. The molecule has 0 fully saturated rings. The van der Waals surface area contributed by atoms with Gasteiger partial charge in [-0.05, 0) is 41.8 Å². The zero-order chi connectivity index (χ0) is 20.5. The zero-order valence-corrected chi connectivity index (χ0v) is 16.7. The maximum atomic E-state index is 13.3. The fraction of sp³-hybridized carbons (Fsp3) is 0.200. The second kappa shape index (κ2) is 10.2. The van der Waals surface area contributed by atoms with Crippen molar-refractivity contribution < 1.29 is 9.59 Å². The number of amides is 2. The molecular weight excluding hydrogens is 360 g/mol. The number of hydrogen-bond donors (Lipinski definition) is 1. The number of carbonyl (C=O) groups excluding carboxylic acids is 2. The Labute approximate surface area is 172 Å². The van der Waals surface area contributed by atoms with Crippen molar-refractivity contribution in [3.8, 4) is 0 Å². The molecule has 0 atom stereocenters. The standard InChI is InChI=1S/C25H26N2O2/c1-2-16-26-24(28)18-21-12-9-15-23(17-21)27(19-20-10-5-3-6-11-20)25(29)22-13-7-4-8-14-22/h3-15,17H,2,16,18-19H2,1H3,(H,26,28). The van der Waals surface area contributed by atoms with Crippen molar-refractivity contribution in [1.82, 2.24) is 5.32 Å². The number of nitrogens with one attached hydrogen (secondary N) is 1. The van der Waals surface area contributed by atoms with Gasteiger partial charge in [-0.25, -0.2) is 0 Å². The topological polar surface area (TPSA) is 49.4 Å². The highest BCUT2D eigenvalue weighted by molar-refractivity contribution is 6.06. The molecule has 0 aliphatic heterocycles. The van der Waals surface area contributed by atoms with E-state index in [0.29, 0.717) is 25.1 Å². The summed E-state index contributed by atoms with van der Waals surface area (Å²) in [4.78, 5) is 27.1. The molecule has 0 aromatic heterocycles. The third kappa shape index (κ3) is 5.79. The van der Waals surface area contributed by atoms with Crippen LogP contribution in [0.4, 0.5) is 5.69 Å². The fourth-order valence-electron chi connectivity index (χ4n) is 3.13. The molecule has 3 aromatic rings. The molecule has 3 rings (SSSR count). The summed E-state index contributed by atoms with van der Waals surface area (Å²) in [6.45, 7) is 3.16. The van der Waals surface area contributed by atoms with Gasteiger partial charge in [0.15, 0.2) is 0 Å². The average Bonchev–Trinajstić information content (AvgIpc) is 2.77. The second-order valence-electron chi connectivity index (χ2n) is 6.94. The predicted octanol–water partition coefficient (Wildman–Crippen LogP) is 4.60. The number of carbonyl (C=O) groups is 2. The van der Waals surface area contributed by atoms with E-state index in [1.807, 2.05) is 91.9 Å². The van der Waals surface area contributed by atoms with Crippen molar-refractivity contribution in [3.05, 3.63) is 102 Å². The Bertz CT molecular complexity index is 939. The molecule has 0 radical (unpaired) electrons. The lowest BCUT2D eigenvalue weighted by molar-refractivity contribution is -0.120. The van der Waals surface area contributed by atoms with Crippen LogP contribution in [0.1, 0.15) is 34.8 Å². The van der Waals surface area contributed by atoms with Gasteiger partial charge in [0.25, 0.3) is 5.91 Å². The van der Waals surface area contributed by atoms with Crippen LogP contribution in [0.5, 0.6) is 0 Å². The predicted molar refractivity (Wildman–Crippen MR) is 117 cm³/mol. The lowest BCUT2D eigenvalue weighted by Crippen LogP contribution is -2.30. The first kappa shape index (κ1) is 20.3. The van der Waals surface area contributed by atoms with E-state index in [9.17, 15) is 9.59 Å². The summed E-state index contributed by atoms with van der Waals surface area (Å²) in [5.74, 6) is -0.0740. The minimum absolute atomic E-state index is 0.00649. The van der Waals surface area contributed by atoms with E-state index in [2.05, 4.69) is 5.32 Å². The van der Waals surface area contributed by atoms with Gasteiger partial charge in [0.05, 0.1) is 13.0 Å². The molecule has 3 aromatic carbocycles. The molecule has 0 aliphatic rings. The molecule has 4 heteroatoms. The lowest BCUT2D eigenvalue weighted by Gasteiger charge is -2.24. The van der Waals surface area contributed by atoms with Crippen LogP contribution in [0.15, 0.2) is 84.9 Å². The van der Waals surface area contributed by atoms with Crippen LogP contribution in [-0.4, -0.2) is 18.4 Å². The number of rotatable bonds is 8. The molecule has 148 valence electrons. The molecule has 0 aliphatic carbocycles. The van der Waals surface area contributed by atoms with Gasteiger partial charge in [0.1, 0.15) is 0 Å². The van der Waals surface area contributed by atoms with Gasteiger partial charge in [0, 0.05) is 17.8 Å². The quantitative estimate of drug-likeness (QED) is 0.615.